The highest BCUT2D eigenvalue weighted by Gasteiger charge is 2.17. The van der Waals surface area contributed by atoms with Gasteiger partial charge in [-0.15, -0.1) is 0 Å². The molecule has 0 bridgehead atoms. The van der Waals surface area contributed by atoms with Crippen LogP contribution >= 0.6 is 0 Å². The number of nitrogens with one attached hydrogen (secondary N) is 1. The van der Waals surface area contributed by atoms with Crippen molar-refractivity contribution < 1.29 is 13.2 Å². The molecule has 1 N–H and O–H groups in total. The second-order valence-corrected chi connectivity index (χ2v) is 7.78. The average Bonchev–Trinajstić information content (AvgIpc) is 2.98. The third kappa shape index (κ3) is 4.05. The van der Waals surface area contributed by atoms with Gasteiger partial charge >= 0.3 is 0 Å². The van der Waals surface area contributed by atoms with Gasteiger partial charge in [-0.05, 0) is 43.0 Å². The number of hydrogen-bond acceptors (Lipinski definition) is 5. The molecular weight excluding hydrogens is 328 g/mol. The minimum atomic E-state index is -3.69. The van der Waals surface area contributed by atoms with Crippen LogP contribution in [-0.2, 0) is 17.1 Å². The van der Waals surface area contributed by atoms with Crippen LogP contribution in [0.5, 0.6) is 5.75 Å². The summed E-state index contributed by atoms with van der Waals surface area (Å²) >= 11 is 0. The Balaban J connectivity index is 1.61. The molecule has 0 spiro atoms. The van der Waals surface area contributed by atoms with E-state index in [1.165, 1.54) is 55.2 Å². The Morgan fingerprint density at radius 1 is 1.21 bits per heavy atom. The predicted molar refractivity (Wildman–Crippen MR) is 90.3 cm³/mol. The van der Waals surface area contributed by atoms with E-state index in [-0.39, 0.29) is 10.8 Å². The van der Waals surface area contributed by atoms with E-state index in [4.69, 9.17) is 4.74 Å². The molecular formula is C16H22N4O3S. The van der Waals surface area contributed by atoms with Gasteiger partial charge < -0.3 is 4.74 Å². The van der Waals surface area contributed by atoms with Gasteiger partial charge in [0.15, 0.2) is 0 Å². The molecule has 1 aromatic carbocycles. The number of anilines is 1. The van der Waals surface area contributed by atoms with Crippen molar-refractivity contribution in [3.05, 3.63) is 30.6 Å². The van der Waals surface area contributed by atoms with Crippen LogP contribution in [0.3, 0.4) is 0 Å². The van der Waals surface area contributed by atoms with Gasteiger partial charge in [-0.2, -0.15) is 10.1 Å². The molecule has 0 saturated heterocycles. The molecule has 3 rings (SSSR count). The van der Waals surface area contributed by atoms with Gasteiger partial charge in [0.25, 0.3) is 10.0 Å². The van der Waals surface area contributed by atoms with Crippen LogP contribution in [0, 0.1) is 5.92 Å². The third-order valence-electron chi connectivity index (χ3n) is 4.28. The zero-order valence-corrected chi connectivity index (χ0v) is 14.5. The number of sulfonamides is 1. The maximum Gasteiger partial charge on any atom is 0.264 e. The number of hydrogen-bond donors (Lipinski definition) is 1. The molecule has 0 amide bonds. The van der Waals surface area contributed by atoms with Gasteiger partial charge in [0.1, 0.15) is 12.1 Å². The first-order chi connectivity index (χ1) is 11.5. The number of rotatable bonds is 6. The van der Waals surface area contributed by atoms with Crippen molar-refractivity contribution >= 4 is 16.0 Å². The Bertz CT molecular complexity index is 765. The van der Waals surface area contributed by atoms with Gasteiger partial charge in [-0.25, -0.2) is 17.8 Å². The normalized spacial score (nSPS) is 16.0. The zero-order valence-electron chi connectivity index (χ0n) is 13.7. The molecule has 1 aliphatic carbocycles. The van der Waals surface area contributed by atoms with Gasteiger partial charge in [-0.3, -0.25) is 0 Å². The minimum Gasteiger partial charge on any atom is -0.493 e. The van der Waals surface area contributed by atoms with Crippen molar-refractivity contribution in [2.45, 2.75) is 37.0 Å². The van der Waals surface area contributed by atoms with Crippen molar-refractivity contribution in [2.24, 2.45) is 13.0 Å². The molecule has 1 fully saturated rings. The molecule has 0 unspecified atom stereocenters. The summed E-state index contributed by atoms with van der Waals surface area (Å²) in [6, 6.07) is 6.45. The molecule has 0 aliphatic heterocycles. The number of ether oxygens (including phenoxy) is 1. The fourth-order valence-electron chi connectivity index (χ4n) is 2.85. The van der Waals surface area contributed by atoms with E-state index >= 15 is 0 Å². The summed E-state index contributed by atoms with van der Waals surface area (Å²) in [5, 5.41) is 3.84. The Kier molecular flexibility index (Phi) is 5.03. The number of aryl methyl sites for hydroxylation is 1. The van der Waals surface area contributed by atoms with E-state index in [0.717, 1.165) is 0 Å². The number of benzene rings is 1. The SMILES string of the molecule is Cn1ncnc1NS(=O)(=O)c1ccc(OCC2CCCCC2)cc1. The quantitative estimate of drug-likeness (QED) is 0.865. The molecule has 1 saturated carbocycles. The lowest BCUT2D eigenvalue weighted by Gasteiger charge is -2.21. The highest BCUT2D eigenvalue weighted by atomic mass is 32.2. The largest absolute Gasteiger partial charge is 0.493 e. The minimum absolute atomic E-state index is 0.163. The van der Waals surface area contributed by atoms with Crippen molar-refractivity contribution in [1.82, 2.24) is 14.8 Å². The summed E-state index contributed by atoms with van der Waals surface area (Å²) in [6.45, 7) is 0.698. The molecule has 1 aliphatic rings. The van der Waals surface area contributed by atoms with Crippen molar-refractivity contribution in [2.75, 3.05) is 11.3 Å². The fourth-order valence-corrected chi connectivity index (χ4v) is 3.89. The van der Waals surface area contributed by atoms with Crippen LogP contribution in [-0.4, -0.2) is 29.8 Å². The second kappa shape index (κ2) is 7.21. The van der Waals surface area contributed by atoms with Crippen LogP contribution in [0.1, 0.15) is 32.1 Å². The third-order valence-corrected chi connectivity index (χ3v) is 5.63. The van der Waals surface area contributed by atoms with Crippen LogP contribution in [0.25, 0.3) is 0 Å². The molecule has 8 heteroatoms. The molecule has 2 aromatic rings. The summed E-state index contributed by atoms with van der Waals surface area (Å²) in [5.74, 6) is 1.48. The van der Waals surface area contributed by atoms with Gasteiger partial charge in [0.2, 0.25) is 5.95 Å². The highest BCUT2D eigenvalue weighted by Crippen LogP contribution is 2.25. The maximum absolute atomic E-state index is 12.3. The first-order valence-corrected chi connectivity index (χ1v) is 9.62. The van der Waals surface area contributed by atoms with E-state index in [0.29, 0.717) is 18.3 Å². The Hall–Kier alpha value is -2.09. The zero-order chi connectivity index (χ0) is 17.0. The maximum atomic E-state index is 12.3. The average molecular weight is 350 g/mol. The summed E-state index contributed by atoms with van der Waals surface area (Å²) in [4.78, 5) is 4.02. The van der Waals surface area contributed by atoms with E-state index in [1.807, 2.05) is 0 Å². The number of aromatic nitrogens is 3. The highest BCUT2D eigenvalue weighted by molar-refractivity contribution is 7.92. The van der Waals surface area contributed by atoms with E-state index in [1.54, 1.807) is 19.2 Å². The summed E-state index contributed by atoms with van der Waals surface area (Å²) < 4.78 is 34.2. The lowest BCUT2D eigenvalue weighted by Crippen LogP contribution is -2.16. The second-order valence-electron chi connectivity index (χ2n) is 6.10. The van der Waals surface area contributed by atoms with Crippen LogP contribution in [0.15, 0.2) is 35.5 Å². The molecule has 24 heavy (non-hydrogen) atoms. The Labute approximate surface area is 142 Å². The molecule has 0 radical (unpaired) electrons. The topological polar surface area (TPSA) is 86.1 Å². The summed E-state index contributed by atoms with van der Waals surface area (Å²) in [7, 11) is -2.07. The Morgan fingerprint density at radius 3 is 2.54 bits per heavy atom. The summed E-state index contributed by atoms with van der Waals surface area (Å²) in [5.41, 5.74) is 0. The monoisotopic (exact) mass is 350 g/mol. The van der Waals surface area contributed by atoms with Crippen LogP contribution in [0.2, 0.25) is 0 Å². The molecule has 1 heterocycles. The van der Waals surface area contributed by atoms with E-state index < -0.39 is 10.0 Å². The lowest BCUT2D eigenvalue weighted by molar-refractivity contribution is 0.209. The molecule has 1 aromatic heterocycles. The van der Waals surface area contributed by atoms with Gasteiger partial charge in [-0.1, -0.05) is 19.3 Å². The smallest absolute Gasteiger partial charge is 0.264 e. The first-order valence-electron chi connectivity index (χ1n) is 8.14. The fraction of sp³-hybridized carbons (Fsp3) is 0.500. The summed E-state index contributed by atoms with van der Waals surface area (Å²) in [6.07, 6.45) is 7.60. The van der Waals surface area contributed by atoms with Gasteiger partial charge in [0, 0.05) is 7.05 Å². The molecule has 130 valence electrons. The van der Waals surface area contributed by atoms with Crippen LogP contribution < -0.4 is 9.46 Å². The van der Waals surface area contributed by atoms with E-state index in [9.17, 15) is 8.42 Å². The van der Waals surface area contributed by atoms with Gasteiger partial charge in [0.05, 0.1) is 11.5 Å². The predicted octanol–water partition coefficient (Wildman–Crippen LogP) is 2.58. The standard InChI is InChI=1S/C16H22N4O3S/c1-20-16(17-12-18-20)19-24(21,22)15-9-7-14(8-10-15)23-11-13-5-3-2-4-6-13/h7-10,12-13H,2-6,11H2,1H3,(H,17,18,19). The van der Waals surface area contributed by atoms with Crippen molar-refractivity contribution in [1.29, 1.82) is 0 Å². The first kappa shape index (κ1) is 16.8. The van der Waals surface area contributed by atoms with Crippen LogP contribution in [0.4, 0.5) is 5.95 Å². The number of nitrogens with zero attached hydrogens (tertiary/aromatic N) is 3. The van der Waals surface area contributed by atoms with E-state index in [2.05, 4.69) is 14.8 Å². The van der Waals surface area contributed by atoms with Crippen molar-refractivity contribution in [3.63, 3.8) is 0 Å². The molecule has 7 nitrogen and oxygen atoms in total. The molecule has 0 atom stereocenters. The Morgan fingerprint density at radius 2 is 1.92 bits per heavy atom. The van der Waals surface area contributed by atoms with Crippen molar-refractivity contribution in [3.8, 4) is 5.75 Å². The lowest BCUT2D eigenvalue weighted by atomic mass is 9.90.